The number of hydrogen-bond acceptors (Lipinski definition) is 3. The van der Waals surface area contributed by atoms with Crippen LogP contribution in [-0.4, -0.2) is 39.0 Å². The molecule has 0 aromatic heterocycles. The molecule has 0 aliphatic carbocycles. The summed E-state index contributed by atoms with van der Waals surface area (Å²) in [6.07, 6.45) is 0. The van der Waals surface area contributed by atoms with Crippen LogP contribution in [0.4, 0.5) is 0 Å². The van der Waals surface area contributed by atoms with Crippen molar-refractivity contribution >= 4 is 10.0 Å². The molecule has 4 nitrogen and oxygen atoms in total. The minimum Gasteiger partial charge on any atom is -0.300 e. The zero-order valence-electron chi connectivity index (χ0n) is 14.6. The minimum atomic E-state index is -3.56. The molecule has 0 radical (unpaired) electrons. The summed E-state index contributed by atoms with van der Waals surface area (Å²) in [7, 11) is -3.56. The molecule has 1 atom stereocenters. The summed E-state index contributed by atoms with van der Waals surface area (Å²) < 4.78 is 28.4. The maximum Gasteiger partial charge on any atom is 0.241 e. The highest BCUT2D eigenvalue weighted by molar-refractivity contribution is 7.89. The van der Waals surface area contributed by atoms with Crippen molar-refractivity contribution in [2.24, 2.45) is 0 Å². The van der Waals surface area contributed by atoms with Gasteiger partial charge >= 0.3 is 0 Å². The molecule has 2 aromatic rings. The number of benzene rings is 2. The molecular weight excluding hydrogens is 320 g/mol. The van der Waals surface area contributed by atoms with E-state index in [9.17, 15) is 8.42 Å². The van der Waals surface area contributed by atoms with Crippen molar-refractivity contribution in [1.82, 2.24) is 9.62 Å². The highest BCUT2D eigenvalue weighted by Crippen LogP contribution is 2.26. The molecule has 1 N–H and O–H groups in total. The molecule has 0 aliphatic heterocycles. The van der Waals surface area contributed by atoms with Gasteiger partial charge in [0.1, 0.15) is 0 Å². The van der Waals surface area contributed by atoms with Gasteiger partial charge in [-0.25, -0.2) is 13.1 Å². The summed E-state index contributed by atoms with van der Waals surface area (Å²) in [6, 6.07) is 16.9. The second-order valence-electron chi connectivity index (χ2n) is 5.78. The first-order valence-electron chi connectivity index (χ1n) is 8.37. The Morgan fingerprint density at radius 1 is 0.958 bits per heavy atom. The van der Waals surface area contributed by atoms with Crippen LogP contribution in [0.25, 0.3) is 11.1 Å². The zero-order chi connectivity index (χ0) is 17.6. The molecule has 130 valence electrons. The normalized spacial score (nSPS) is 13.2. The van der Waals surface area contributed by atoms with Crippen LogP contribution < -0.4 is 4.72 Å². The lowest BCUT2D eigenvalue weighted by atomic mass is 10.1. The number of hydrogen-bond donors (Lipinski definition) is 1. The van der Waals surface area contributed by atoms with Crippen molar-refractivity contribution in [2.45, 2.75) is 31.7 Å². The largest absolute Gasteiger partial charge is 0.300 e. The number of sulfonamides is 1. The van der Waals surface area contributed by atoms with Crippen LogP contribution in [0.5, 0.6) is 0 Å². The van der Waals surface area contributed by atoms with Gasteiger partial charge in [-0.1, -0.05) is 62.4 Å². The molecule has 2 rings (SSSR count). The molecular formula is C19H26N2O2S. The second-order valence-corrected chi connectivity index (χ2v) is 7.52. The highest BCUT2D eigenvalue weighted by atomic mass is 32.2. The van der Waals surface area contributed by atoms with Crippen molar-refractivity contribution in [3.05, 3.63) is 54.6 Å². The van der Waals surface area contributed by atoms with Crippen molar-refractivity contribution in [3.8, 4) is 11.1 Å². The molecule has 2 aromatic carbocycles. The SMILES string of the molecule is CCN(CC)C(C)CNS(=O)(=O)c1ccccc1-c1ccccc1. The van der Waals surface area contributed by atoms with Crippen molar-refractivity contribution < 1.29 is 8.42 Å². The van der Waals surface area contributed by atoms with Gasteiger partial charge in [-0.15, -0.1) is 0 Å². The van der Waals surface area contributed by atoms with Gasteiger partial charge in [0.2, 0.25) is 10.0 Å². The topological polar surface area (TPSA) is 49.4 Å². The number of rotatable bonds is 8. The number of likely N-dealkylation sites (N-methyl/N-ethyl adjacent to an activating group) is 1. The Labute approximate surface area is 145 Å². The van der Waals surface area contributed by atoms with Crippen LogP contribution in [-0.2, 0) is 10.0 Å². The number of nitrogens with one attached hydrogen (secondary N) is 1. The summed E-state index contributed by atoms with van der Waals surface area (Å²) in [5.41, 5.74) is 1.62. The van der Waals surface area contributed by atoms with Gasteiger partial charge in [-0.05, 0) is 31.6 Å². The molecule has 5 heteroatoms. The summed E-state index contributed by atoms with van der Waals surface area (Å²) in [5.74, 6) is 0. The lowest BCUT2D eigenvalue weighted by molar-refractivity contribution is 0.232. The Balaban J connectivity index is 2.25. The first kappa shape index (κ1) is 18.6. The van der Waals surface area contributed by atoms with E-state index in [2.05, 4.69) is 23.5 Å². The lowest BCUT2D eigenvalue weighted by Gasteiger charge is -2.26. The molecule has 0 bridgehead atoms. The number of nitrogens with zero attached hydrogens (tertiary/aromatic N) is 1. The third kappa shape index (κ3) is 4.44. The first-order chi connectivity index (χ1) is 11.5. The van der Waals surface area contributed by atoms with Crippen LogP contribution in [0.2, 0.25) is 0 Å². The van der Waals surface area contributed by atoms with E-state index in [-0.39, 0.29) is 6.04 Å². The quantitative estimate of drug-likeness (QED) is 0.797. The Bertz CT molecular complexity index is 741. The van der Waals surface area contributed by atoms with E-state index in [1.54, 1.807) is 12.1 Å². The molecule has 0 saturated heterocycles. The van der Waals surface area contributed by atoms with Crippen LogP contribution in [0, 0.1) is 0 Å². The third-order valence-electron chi connectivity index (χ3n) is 4.27. The fourth-order valence-corrected chi connectivity index (χ4v) is 4.19. The fraction of sp³-hybridized carbons (Fsp3) is 0.368. The van der Waals surface area contributed by atoms with Crippen LogP contribution in [0.15, 0.2) is 59.5 Å². The Kier molecular flexibility index (Phi) is 6.54. The molecule has 0 heterocycles. The van der Waals surface area contributed by atoms with Crippen molar-refractivity contribution in [2.75, 3.05) is 19.6 Å². The van der Waals surface area contributed by atoms with E-state index >= 15 is 0 Å². The molecule has 0 fully saturated rings. The second kappa shape index (κ2) is 8.42. The Morgan fingerprint density at radius 2 is 1.54 bits per heavy atom. The summed E-state index contributed by atoms with van der Waals surface area (Å²) in [5, 5.41) is 0. The van der Waals surface area contributed by atoms with E-state index in [4.69, 9.17) is 0 Å². The average molecular weight is 346 g/mol. The monoisotopic (exact) mass is 346 g/mol. The van der Waals surface area contributed by atoms with Crippen LogP contribution >= 0.6 is 0 Å². The standard InChI is InChI=1S/C19H26N2O2S/c1-4-21(5-2)16(3)15-20-24(22,23)19-14-10-9-13-18(19)17-11-7-6-8-12-17/h6-14,16,20H,4-5,15H2,1-3H3. The summed E-state index contributed by atoms with van der Waals surface area (Å²) >= 11 is 0. The van der Waals surface area contributed by atoms with Crippen molar-refractivity contribution in [1.29, 1.82) is 0 Å². The summed E-state index contributed by atoms with van der Waals surface area (Å²) in [6.45, 7) is 8.41. The molecule has 0 amide bonds. The Hall–Kier alpha value is -1.69. The fourth-order valence-electron chi connectivity index (χ4n) is 2.84. The minimum absolute atomic E-state index is 0.152. The summed E-state index contributed by atoms with van der Waals surface area (Å²) in [4.78, 5) is 2.55. The van der Waals surface area contributed by atoms with Gasteiger partial charge in [0.15, 0.2) is 0 Å². The molecule has 1 unspecified atom stereocenters. The maximum absolute atomic E-state index is 12.8. The van der Waals surface area contributed by atoms with Gasteiger partial charge in [-0.2, -0.15) is 0 Å². The van der Waals surface area contributed by atoms with Gasteiger partial charge in [0.25, 0.3) is 0 Å². The smallest absolute Gasteiger partial charge is 0.241 e. The highest BCUT2D eigenvalue weighted by Gasteiger charge is 2.20. The van der Waals surface area contributed by atoms with Crippen LogP contribution in [0.1, 0.15) is 20.8 Å². The van der Waals surface area contributed by atoms with E-state index in [0.717, 1.165) is 24.2 Å². The van der Waals surface area contributed by atoms with Crippen LogP contribution in [0.3, 0.4) is 0 Å². The Morgan fingerprint density at radius 3 is 2.17 bits per heavy atom. The van der Waals surface area contributed by atoms with Gasteiger partial charge in [0, 0.05) is 18.2 Å². The van der Waals surface area contributed by atoms with Gasteiger partial charge in [-0.3, -0.25) is 4.90 Å². The van der Waals surface area contributed by atoms with E-state index in [1.165, 1.54) is 0 Å². The third-order valence-corrected chi connectivity index (χ3v) is 5.75. The first-order valence-corrected chi connectivity index (χ1v) is 9.86. The lowest BCUT2D eigenvalue weighted by Crippen LogP contribution is -2.42. The molecule has 24 heavy (non-hydrogen) atoms. The molecule has 0 aliphatic rings. The molecule has 0 spiro atoms. The molecule has 0 saturated carbocycles. The van der Waals surface area contributed by atoms with E-state index in [1.807, 2.05) is 49.4 Å². The maximum atomic E-state index is 12.8. The zero-order valence-corrected chi connectivity index (χ0v) is 15.4. The average Bonchev–Trinajstić information content (AvgIpc) is 2.62. The van der Waals surface area contributed by atoms with Crippen molar-refractivity contribution in [3.63, 3.8) is 0 Å². The predicted molar refractivity (Wildman–Crippen MR) is 99.4 cm³/mol. The van der Waals surface area contributed by atoms with E-state index < -0.39 is 10.0 Å². The van der Waals surface area contributed by atoms with E-state index in [0.29, 0.717) is 11.4 Å². The predicted octanol–water partition coefficient (Wildman–Crippen LogP) is 3.36. The van der Waals surface area contributed by atoms with Gasteiger partial charge in [0.05, 0.1) is 4.90 Å². The van der Waals surface area contributed by atoms with Gasteiger partial charge < -0.3 is 0 Å².